The Morgan fingerprint density at radius 3 is 2.52 bits per heavy atom. The number of hydrogen-bond donors (Lipinski definition) is 0. The smallest absolute Gasteiger partial charge is 0.133 e. The predicted molar refractivity (Wildman–Crippen MR) is 105 cm³/mol. The molecule has 0 saturated heterocycles. The molecule has 3 aromatic rings. The maximum atomic E-state index is 5.47. The SMILES string of the molecule is CC1CN=C(c2ccc(-c3ccco3)cc2)N1Cc1ccccc1Br. The molecule has 1 aromatic heterocycles. The van der Waals surface area contributed by atoms with E-state index in [0.29, 0.717) is 6.04 Å². The van der Waals surface area contributed by atoms with Gasteiger partial charge in [-0.3, -0.25) is 4.99 Å². The second-order valence-corrected chi connectivity index (χ2v) is 7.14. The Kier molecular flexibility index (Phi) is 4.45. The van der Waals surface area contributed by atoms with Crippen LogP contribution in [0.25, 0.3) is 11.3 Å². The molecule has 1 atom stereocenters. The summed E-state index contributed by atoms with van der Waals surface area (Å²) in [4.78, 5) is 7.17. The molecule has 0 aliphatic carbocycles. The lowest BCUT2D eigenvalue weighted by molar-refractivity contribution is 0.357. The number of hydrogen-bond acceptors (Lipinski definition) is 3. The fourth-order valence-electron chi connectivity index (χ4n) is 3.14. The van der Waals surface area contributed by atoms with Crippen LogP contribution < -0.4 is 0 Å². The molecule has 4 rings (SSSR count). The van der Waals surface area contributed by atoms with Crippen molar-refractivity contribution >= 4 is 21.8 Å². The van der Waals surface area contributed by atoms with Gasteiger partial charge in [0.1, 0.15) is 11.6 Å². The van der Waals surface area contributed by atoms with Gasteiger partial charge < -0.3 is 9.32 Å². The average Bonchev–Trinajstić information content (AvgIpc) is 3.28. The summed E-state index contributed by atoms with van der Waals surface area (Å²) in [6.45, 7) is 3.91. The molecule has 0 amide bonds. The van der Waals surface area contributed by atoms with Gasteiger partial charge in [0.05, 0.1) is 12.8 Å². The minimum Gasteiger partial charge on any atom is -0.464 e. The zero-order valence-electron chi connectivity index (χ0n) is 14.0. The number of furan rings is 1. The fraction of sp³-hybridized carbons (Fsp3) is 0.190. The molecule has 1 aliphatic heterocycles. The van der Waals surface area contributed by atoms with E-state index in [1.807, 2.05) is 18.2 Å². The van der Waals surface area contributed by atoms with Crippen molar-refractivity contribution in [1.29, 1.82) is 0 Å². The van der Waals surface area contributed by atoms with Crippen LogP contribution in [-0.2, 0) is 6.54 Å². The van der Waals surface area contributed by atoms with Crippen LogP contribution in [0.15, 0.2) is 80.8 Å². The van der Waals surface area contributed by atoms with Gasteiger partial charge in [-0.25, -0.2) is 0 Å². The Bertz CT molecular complexity index is 885. The molecule has 0 radical (unpaired) electrons. The van der Waals surface area contributed by atoms with Crippen molar-refractivity contribution in [2.75, 3.05) is 6.54 Å². The Labute approximate surface area is 156 Å². The quantitative estimate of drug-likeness (QED) is 0.595. The van der Waals surface area contributed by atoms with Crippen molar-refractivity contribution in [3.8, 4) is 11.3 Å². The molecule has 0 bridgehead atoms. The van der Waals surface area contributed by atoms with E-state index in [9.17, 15) is 0 Å². The highest BCUT2D eigenvalue weighted by Gasteiger charge is 2.25. The summed E-state index contributed by atoms with van der Waals surface area (Å²) in [5, 5.41) is 0. The molecule has 1 aliphatic rings. The monoisotopic (exact) mass is 394 g/mol. The van der Waals surface area contributed by atoms with Crippen molar-refractivity contribution in [3.63, 3.8) is 0 Å². The first-order valence-electron chi connectivity index (χ1n) is 8.41. The van der Waals surface area contributed by atoms with Crippen molar-refractivity contribution < 1.29 is 4.42 Å². The van der Waals surface area contributed by atoms with E-state index in [1.54, 1.807) is 6.26 Å². The van der Waals surface area contributed by atoms with Crippen LogP contribution in [0.5, 0.6) is 0 Å². The molecular formula is C21H19BrN2O. The Morgan fingerprint density at radius 2 is 1.80 bits per heavy atom. The van der Waals surface area contributed by atoms with Crippen LogP contribution in [0.4, 0.5) is 0 Å². The van der Waals surface area contributed by atoms with Gasteiger partial charge in [-0.2, -0.15) is 0 Å². The summed E-state index contributed by atoms with van der Waals surface area (Å²) in [6.07, 6.45) is 1.70. The van der Waals surface area contributed by atoms with E-state index in [4.69, 9.17) is 9.41 Å². The second-order valence-electron chi connectivity index (χ2n) is 6.29. The summed E-state index contributed by atoms with van der Waals surface area (Å²) >= 11 is 3.65. The topological polar surface area (TPSA) is 28.7 Å². The highest BCUT2D eigenvalue weighted by molar-refractivity contribution is 9.10. The number of nitrogens with zero attached hydrogens (tertiary/aromatic N) is 2. The third-order valence-corrected chi connectivity index (χ3v) is 5.33. The van der Waals surface area contributed by atoms with Crippen LogP contribution in [0.2, 0.25) is 0 Å². The summed E-state index contributed by atoms with van der Waals surface area (Å²) in [5.41, 5.74) is 3.50. The maximum absolute atomic E-state index is 5.47. The van der Waals surface area contributed by atoms with Crippen molar-refractivity contribution in [2.45, 2.75) is 19.5 Å². The number of rotatable bonds is 4. The third kappa shape index (κ3) is 3.27. The normalized spacial score (nSPS) is 17.0. The zero-order chi connectivity index (χ0) is 17.2. The lowest BCUT2D eigenvalue weighted by Gasteiger charge is -2.26. The first-order chi connectivity index (χ1) is 12.2. The van der Waals surface area contributed by atoms with Crippen LogP contribution in [0.1, 0.15) is 18.1 Å². The largest absolute Gasteiger partial charge is 0.464 e. The van der Waals surface area contributed by atoms with Crippen LogP contribution in [0, 0.1) is 0 Å². The molecule has 0 fully saturated rings. The van der Waals surface area contributed by atoms with Crippen molar-refractivity contribution in [3.05, 3.63) is 82.5 Å². The maximum Gasteiger partial charge on any atom is 0.133 e. The van der Waals surface area contributed by atoms with E-state index in [1.165, 1.54) is 5.56 Å². The summed E-state index contributed by atoms with van der Waals surface area (Å²) in [6, 6.07) is 21.1. The summed E-state index contributed by atoms with van der Waals surface area (Å²) in [7, 11) is 0. The number of benzene rings is 2. The van der Waals surface area contributed by atoms with E-state index in [-0.39, 0.29) is 0 Å². The lowest BCUT2D eigenvalue weighted by Crippen LogP contribution is -2.34. The Balaban J connectivity index is 1.59. The number of amidine groups is 1. The van der Waals surface area contributed by atoms with E-state index < -0.39 is 0 Å². The number of halogens is 1. The first-order valence-corrected chi connectivity index (χ1v) is 9.20. The van der Waals surface area contributed by atoms with Gasteiger partial charge in [-0.15, -0.1) is 0 Å². The standard InChI is InChI=1S/C21H19BrN2O/c1-15-13-23-21(24(15)14-18-5-2-3-6-19(18)22)17-10-8-16(9-11-17)20-7-4-12-25-20/h2-12,15H,13-14H2,1H3. The van der Waals surface area contributed by atoms with E-state index in [0.717, 1.165) is 40.3 Å². The molecule has 2 heterocycles. The van der Waals surface area contributed by atoms with Crippen LogP contribution in [-0.4, -0.2) is 23.3 Å². The van der Waals surface area contributed by atoms with E-state index >= 15 is 0 Å². The summed E-state index contributed by atoms with van der Waals surface area (Å²) < 4.78 is 6.61. The predicted octanol–water partition coefficient (Wildman–Crippen LogP) is 5.36. The highest BCUT2D eigenvalue weighted by atomic mass is 79.9. The molecule has 126 valence electrons. The van der Waals surface area contributed by atoms with E-state index in [2.05, 4.69) is 70.2 Å². The second kappa shape index (κ2) is 6.89. The van der Waals surface area contributed by atoms with Crippen LogP contribution in [0.3, 0.4) is 0 Å². The van der Waals surface area contributed by atoms with Crippen molar-refractivity contribution in [2.24, 2.45) is 4.99 Å². The summed E-state index contributed by atoms with van der Waals surface area (Å²) in [5.74, 6) is 1.95. The van der Waals surface area contributed by atoms with Gasteiger partial charge in [-0.05, 0) is 30.7 Å². The molecule has 0 saturated carbocycles. The van der Waals surface area contributed by atoms with Gasteiger partial charge in [0.15, 0.2) is 0 Å². The zero-order valence-corrected chi connectivity index (χ0v) is 15.6. The van der Waals surface area contributed by atoms with Gasteiger partial charge >= 0.3 is 0 Å². The molecule has 0 N–H and O–H groups in total. The third-order valence-electron chi connectivity index (χ3n) is 4.56. The molecule has 3 nitrogen and oxygen atoms in total. The average molecular weight is 395 g/mol. The first kappa shape index (κ1) is 16.2. The fourth-order valence-corrected chi connectivity index (χ4v) is 3.55. The molecule has 1 unspecified atom stereocenters. The van der Waals surface area contributed by atoms with Gasteiger partial charge in [0.25, 0.3) is 0 Å². The molecule has 2 aromatic carbocycles. The lowest BCUT2D eigenvalue weighted by atomic mass is 10.1. The van der Waals surface area contributed by atoms with Gasteiger partial charge in [0, 0.05) is 28.2 Å². The minimum absolute atomic E-state index is 0.395. The minimum atomic E-state index is 0.395. The van der Waals surface area contributed by atoms with Crippen LogP contribution >= 0.6 is 15.9 Å². The molecular weight excluding hydrogens is 376 g/mol. The Hall–Kier alpha value is -2.33. The number of aliphatic imine (C=N–C) groups is 1. The Morgan fingerprint density at radius 1 is 1.04 bits per heavy atom. The van der Waals surface area contributed by atoms with Gasteiger partial charge in [-0.1, -0.05) is 58.4 Å². The molecule has 0 spiro atoms. The molecule has 25 heavy (non-hydrogen) atoms. The van der Waals surface area contributed by atoms with Crippen molar-refractivity contribution in [1.82, 2.24) is 4.90 Å². The van der Waals surface area contributed by atoms with Gasteiger partial charge in [0.2, 0.25) is 0 Å². The molecule has 4 heteroatoms. The highest BCUT2D eigenvalue weighted by Crippen LogP contribution is 2.25.